The number of carbonyl (C=O) groups excluding carboxylic acids is 1. The van der Waals surface area contributed by atoms with E-state index in [1.54, 1.807) is 11.8 Å². The van der Waals surface area contributed by atoms with Crippen LogP contribution in [-0.4, -0.2) is 12.6 Å². The Labute approximate surface area is 144 Å². The van der Waals surface area contributed by atoms with Crippen LogP contribution in [0.15, 0.2) is 36.4 Å². The van der Waals surface area contributed by atoms with Gasteiger partial charge in [0.2, 0.25) is 0 Å². The molecular weight excluding hydrogens is 338 g/mol. The van der Waals surface area contributed by atoms with Crippen molar-refractivity contribution in [3.8, 4) is 0 Å². The Morgan fingerprint density at radius 3 is 2.78 bits per heavy atom. The molecule has 2 aromatic carbocycles. The van der Waals surface area contributed by atoms with Gasteiger partial charge in [0.25, 0.3) is 0 Å². The highest BCUT2D eigenvalue weighted by atomic mass is 35.5. The molecule has 2 aromatic rings. The fraction of sp³-hybridized carbons (Fsp3) is 0.235. The summed E-state index contributed by atoms with van der Waals surface area (Å²) >= 11 is 11.8. The second kappa shape index (κ2) is 6.38. The first-order valence-electron chi connectivity index (χ1n) is 7.27. The van der Waals surface area contributed by atoms with Crippen molar-refractivity contribution >= 4 is 34.9 Å². The molecule has 0 bridgehead atoms. The normalized spacial score (nSPS) is 14.5. The van der Waals surface area contributed by atoms with E-state index in [4.69, 9.17) is 23.2 Å². The van der Waals surface area contributed by atoms with Gasteiger partial charge in [0.05, 0.1) is 11.1 Å². The minimum Gasteiger partial charge on any atom is -0.331 e. The smallest absolute Gasteiger partial charge is 0.322 e. The maximum Gasteiger partial charge on any atom is 0.322 e. The number of urea groups is 1. The zero-order valence-corrected chi connectivity index (χ0v) is 14.0. The van der Waals surface area contributed by atoms with E-state index in [1.807, 2.05) is 24.3 Å². The molecular formula is C17H15Cl2FN2O. The molecule has 0 saturated carbocycles. The maximum absolute atomic E-state index is 13.6. The predicted molar refractivity (Wildman–Crippen MR) is 90.9 cm³/mol. The van der Waals surface area contributed by atoms with Crippen molar-refractivity contribution in [1.82, 2.24) is 5.32 Å². The van der Waals surface area contributed by atoms with E-state index in [-0.39, 0.29) is 11.1 Å². The van der Waals surface area contributed by atoms with Crippen LogP contribution in [0.5, 0.6) is 0 Å². The highest BCUT2D eigenvalue weighted by Crippen LogP contribution is 2.30. The van der Waals surface area contributed by atoms with Gasteiger partial charge in [-0.15, -0.1) is 0 Å². The summed E-state index contributed by atoms with van der Waals surface area (Å²) in [6.07, 6.45) is 0.828. The zero-order chi connectivity index (χ0) is 16.6. The number of para-hydroxylation sites is 1. The lowest BCUT2D eigenvalue weighted by Crippen LogP contribution is -2.40. The number of nitrogens with one attached hydrogen (secondary N) is 1. The van der Waals surface area contributed by atoms with Gasteiger partial charge in [0.15, 0.2) is 0 Å². The average Bonchev–Trinajstić information content (AvgIpc) is 2.94. The van der Waals surface area contributed by atoms with Gasteiger partial charge in [-0.25, -0.2) is 9.18 Å². The molecule has 2 amide bonds. The quantitative estimate of drug-likeness (QED) is 0.760. The van der Waals surface area contributed by atoms with Crippen LogP contribution < -0.4 is 10.2 Å². The summed E-state index contributed by atoms with van der Waals surface area (Å²) in [6.45, 7) is 2.38. The zero-order valence-electron chi connectivity index (χ0n) is 12.4. The number of amides is 2. The van der Waals surface area contributed by atoms with Crippen LogP contribution in [0, 0.1) is 5.82 Å². The minimum atomic E-state index is -0.557. The third-order valence-corrected chi connectivity index (χ3v) is 4.60. The molecule has 1 heterocycles. The minimum absolute atomic E-state index is 0.0363. The summed E-state index contributed by atoms with van der Waals surface area (Å²) in [5.41, 5.74) is 2.55. The molecule has 3 nitrogen and oxygen atoms in total. The average molecular weight is 353 g/mol. The van der Waals surface area contributed by atoms with E-state index in [0.29, 0.717) is 17.1 Å². The Hall–Kier alpha value is -1.78. The maximum atomic E-state index is 13.6. The van der Waals surface area contributed by atoms with Gasteiger partial charge in [-0.05, 0) is 42.7 Å². The fourth-order valence-corrected chi connectivity index (χ4v) is 3.31. The van der Waals surface area contributed by atoms with Gasteiger partial charge in [-0.3, -0.25) is 4.90 Å². The molecule has 3 rings (SSSR count). The molecule has 1 atom stereocenters. The first-order chi connectivity index (χ1) is 11.0. The topological polar surface area (TPSA) is 32.3 Å². The van der Waals surface area contributed by atoms with Gasteiger partial charge in [-0.1, -0.05) is 41.4 Å². The number of halogens is 3. The molecule has 0 radical (unpaired) electrons. The van der Waals surface area contributed by atoms with Crippen LogP contribution in [-0.2, 0) is 6.42 Å². The number of hydrogen-bond donors (Lipinski definition) is 1. The van der Waals surface area contributed by atoms with Crippen molar-refractivity contribution in [1.29, 1.82) is 0 Å². The third kappa shape index (κ3) is 3.14. The van der Waals surface area contributed by atoms with Gasteiger partial charge in [0.1, 0.15) is 5.82 Å². The standard InChI is InChI=1S/C17H15Cl2FN2O/c1-10(12-8-15(20)14(19)9-13(12)18)21-17(23)22-7-6-11-4-2-3-5-16(11)22/h2-5,8-10H,6-7H2,1H3,(H,21,23). The van der Waals surface area contributed by atoms with E-state index in [0.717, 1.165) is 17.7 Å². The number of rotatable bonds is 2. The first-order valence-corrected chi connectivity index (χ1v) is 8.03. The Balaban J connectivity index is 1.77. The molecule has 0 fully saturated rings. The van der Waals surface area contributed by atoms with Crippen molar-refractivity contribution in [2.75, 3.05) is 11.4 Å². The van der Waals surface area contributed by atoms with Crippen LogP contribution in [0.4, 0.5) is 14.9 Å². The molecule has 0 aromatic heterocycles. The molecule has 1 aliphatic heterocycles. The molecule has 23 heavy (non-hydrogen) atoms. The first kappa shape index (κ1) is 16.1. The van der Waals surface area contributed by atoms with E-state index in [1.165, 1.54) is 12.1 Å². The van der Waals surface area contributed by atoms with E-state index < -0.39 is 11.9 Å². The second-order valence-electron chi connectivity index (χ2n) is 5.49. The number of hydrogen-bond acceptors (Lipinski definition) is 1. The van der Waals surface area contributed by atoms with Crippen molar-refractivity contribution < 1.29 is 9.18 Å². The highest BCUT2D eigenvalue weighted by Gasteiger charge is 2.25. The Morgan fingerprint density at radius 2 is 2.00 bits per heavy atom. The highest BCUT2D eigenvalue weighted by molar-refractivity contribution is 6.35. The Kier molecular flexibility index (Phi) is 4.46. The summed E-state index contributed by atoms with van der Waals surface area (Å²) in [5, 5.41) is 3.15. The lowest BCUT2D eigenvalue weighted by molar-refractivity contribution is 0.244. The van der Waals surface area contributed by atoms with Crippen LogP contribution >= 0.6 is 23.2 Å². The number of benzene rings is 2. The summed E-state index contributed by atoms with van der Waals surface area (Å²) < 4.78 is 13.6. The van der Waals surface area contributed by atoms with Crippen LogP contribution in [0.25, 0.3) is 0 Å². The van der Waals surface area contributed by atoms with Gasteiger partial charge in [0, 0.05) is 17.3 Å². The summed E-state index contributed by atoms with van der Waals surface area (Å²) in [5.74, 6) is -0.557. The summed E-state index contributed by atoms with van der Waals surface area (Å²) in [4.78, 5) is 14.2. The van der Waals surface area contributed by atoms with Gasteiger partial charge < -0.3 is 5.32 Å². The predicted octanol–water partition coefficient (Wildman–Crippen LogP) is 4.97. The largest absolute Gasteiger partial charge is 0.331 e. The van der Waals surface area contributed by atoms with Crippen LogP contribution in [0.1, 0.15) is 24.1 Å². The van der Waals surface area contributed by atoms with Gasteiger partial charge in [-0.2, -0.15) is 0 Å². The lowest BCUT2D eigenvalue weighted by Gasteiger charge is -2.22. The van der Waals surface area contributed by atoms with Crippen LogP contribution in [0.3, 0.4) is 0 Å². The third-order valence-electron chi connectivity index (χ3n) is 3.98. The van der Waals surface area contributed by atoms with Crippen molar-refractivity contribution in [2.24, 2.45) is 0 Å². The number of carbonyl (C=O) groups is 1. The van der Waals surface area contributed by atoms with Crippen molar-refractivity contribution in [2.45, 2.75) is 19.4 Å². The van der Waals surface area contributed by atoms with Crippen molar-refractivity contribution in [3.63, 3.8) is 0 Å². The van der Waals surface area contributed by atoms with Crippen molar-refractivity contribution in [3.05, 3.63) is 63.4 Å². The molecule has 0 saturated heterocycles. The Morgan fingerprint density at radius 1 is 1.26 bits per heavy atom. The fourth-order valence-electron chi connectivity index (χ4n) is 2.76. The molecule has 0 spiro atoms. The molecule has 1 unspecified atom stereocenters. The van der Waals surface area contributed by atoms with Crippen LogP contribution in [0.2, 0.25) is 10.0 Å². The molecule has 1 aliphatic rings. The molecule has 1 N–H and O–H groups in total. The number of anilines is 1. The second-order valence-corrected chi connectivity index (χ2v) is 6.30. The molecule has 0 aliphatic carbocycles. The Bertz CT molecular complexity index is 766. The van der Waals surface area contributed by atoms with Gasteiger partial charge >= 0.3 is 6.03 Å². The van der Waals surface area contributed by atoms with E-state index in [9.17, 15) is 9.18 Å². The number of fused-ring (bicyclic) bond motifs is 1. The molecule has 120 valence electrons. The summed E-state index contributed by atoms with van der Waals surface area (Å²) in [7, 11) is 0. The lowest BCUT2D eigenvalue weighted by atomic mass is 10.1. The SMILES string of the molecule is CC(NC(=O)N1CCc2ccccc21)c1cc(F)c(Cl)cc1Cl. The molecule has 6 heteroatoms. The monoisotopic (exact) mass is 352 g/mol. The summed E-state index contributed by atoms with van der Waals surface area (Å²) in [6, 6.07) is 9.73. The van der Waals surface area contributed by atoms with E-state index >= 15 is 0 Å². The number of nitrogens with zero attached hydrogens (tertiary/aromatic N) is 1. The van der Waals surface area contributed by atoms with E-state index in [2.05, 4.69) is 5.32 Å².